The minimum Gasteiger partial charge on any atom is -0.374 e. The molecule has 0 radical (unpaired) electrons. The minimum absolute atomic E-state index is 0.185. The molecule has 0 fully saturated rings. The number of carbonyl (C=O) groups is 1. The van der Waals surface area contributed by atoms with Gasteiger partial charge in [0.25, 0.3) is 0 Å². The zero-order valence-electron chi connectivity index (χ0n) is 7.89. The Morgan fingerprint density at radius 3 is 2.09 bits per heavy atom. The molecular weight excluding hydrogens is 140 g/mol. The van der Waals surface area contributed by atoms with E-state index in [2.05, 4.69) is 0 Å². The van der Waals surface area contributed by atoms with Crippen LogP contribution in [-0.2, 0) is 9.53 Å². The van der Waals surface area contributed by atoms with Gasteiger partial charge in [0.2, 0.25) is 0 Å². The van der Waals surface area contributed by atoms with E-state index in [0.29, 0.717) is 0 Å². The molecule has 2 nitrogen and oxygen atoms in total. The maximum atomic E-state index is 11.4. The van der Waals surface area contributed by atoms with Gasteiger partial charge in [0.15, 0.2) is 5.78 Å². The van der Waals surface area contributed by atoms with E-state index in [1.54, 1.807) is 14.0 Å². The van der Waals surface area contributed by atoms with Crippen LogP contribution in [0, 0.1) is 5.92 Å². The van der Waals surface area contributed by atoms with Gasteiger partial charge in [-0.2, -0.15) is 0 Å². The second-order valence-corrected chi connectivity index (χ2v) is 2.79. The van der Waals surface area contributed by atoms with Gasteiger partial charge in [-0.05, 0) is 19.8 Å². The highest BCUT2D eigenvalue weighted by atomic mass is 16.5. The molecule has 0 bridgehead atoms. The van der Waals surface area contributed by atoms with Crippen LogP contribution in [0.2, 0.25) is 0 Å². The molecule has 0 saturated carbocycles. The van der Waals surface area contributed by atoms with Crippen LogP contribution in [0.3, 0.4) is 0 Å². The summed E-state index contributed by atoms with van der Waals surface area (Å²) in [5.74, 6) is 0.419. The van der Waals surface area contributed by atoms with Gasteiger partial charge < -0.3 is 4.74 Å². The summed E-state index contributed by atoms with van der Waals surface area (Å²) in [5, 5.41) is 0. The van der Waals surface area contributed by atoms with Crippen molar-refractivity contribution in [1.82, 2.24) is 0 Å². The summed E-state index contributed by atoms with van der Waals surface area (Å²) in [6, 6.07) is 0. The maximum Gasteiger partial charge on any atom is 0.164 e. The standard InChI is InChI=1S/C9H18O2/c1-5-8(6-2)9(10)7(3)11-4/h7-8H,5-6H2,1-4H3. The van der Waals surface area contributed by atoms with E-state index >= 15 is 0 Å². The smallest absolute Gasteiger partial charge is 0.164 e. The Hall–Kier alpha value is -0.370. The molecule has 0 rings (SSSR count). The molecule has 2 heteroatoms. The third kappa shape index (κ3) is 3.02. The van der Waals surface area contributed by atoms with Crippen LogP contribution in [0.4, 0.5) is 0 Å². The van der Waals surface area contributed by atoms with Crippen molar-refractivity contribution in [2.45, 2.75) is 39.7 Å². The van der Waals surface area contributed by atoms with E-state index in [1.165, 1.54) is 0 Å². The summed E-state index contributed by atoms with van der Waals surface area (Å²) in [7, 11) is 1.57. The van der Waals surface area contributed by atoms with E-state index in [9.17, 15) is 4.79 Å². The number of rotatable bonds is 5. The number of methoxy groups -OCH3 is 1. The molecular formula is C9H18O2. The van der Waals surface area contributed by atoms with E-state index in [4.69, 9.17) is 4.74 Å². The Balaban J connectivity index is 3.97. The van der Waals surface area contributed by atoms with Crippen LogP contribution < -0.4 is 0 Å². The second-order valence-electron chi connectivity index (χ2n) is 2.79. The Kier molecular flexibility index (Phi) is 5.12. The lowest BCUT2D eigenvalue weighted by Crippen LogP contribution is -2.26. The number of Topliss-reactive ketones (excluding diaryl/α,β-unsaturated/α-hetero) is 1. The van der Waals surface area contributed by atoms with E-state index in [1.807, 2.05) is 13.8 Å². The molecule has 0 saturated heterocycles. The van der Waals surface area contributed by atoms with Crippen molar-refractivity contribution in [2.24, 2.45) is 5.92 Å². The fourth-order valence-corrected chi connectivity index (χ4v) is 1.14. The second kappa shape index (κ2) is 5.30. The highest BCUT2D eigenvalue weighted by Crippen LogP contribution is 2.12. The molecule has 0 aliphatic rings. The molecule has 0 amide bonds. The van der Waals surface area contributed by atoms with Crippen LogP contribution in [-0.4, -0.2) is 19.0 Å². The summed E-state index contributed by atoms with van der Waals surface area (Å²) in [6.07, 6.45) is 1.60. The monoisotopic (exact) mass is 158 g/mol. The predicted molar refractivity (Wildman–Crippen MR) is 45.6 cm³/mol. The average Bonchev–Trinajstić information content (AvgIpc) is 2.05. The topological polar surface area (TPSA) is 26.3 Å². The van der Waals surface area contributed by atoms with Gasteiger partial charge in [0.1, 0.15) is 6.10 Å². The fraction of sp³-hybridized carbons (Fsp3) is 0.889. The highest BCUT2D eigenvalue weighted by Gasteiger charge is 2.19. The van der Waals surface area contributed by atoms with Gasteiger partial charge in [-0.3, -0.25) is 4.79 Å². The summed E-state index contributed by atoms with van der Waals surface area (Å²) in [4.78, 5) is 11.4. The number of hydrogen-bond acceptors (Lipinski definition) is 2. The van der Waals surface area contributed by atoms with Crippen molar-refractivity contribution in [3.05, 3.63) is 0 Å². The Bertz CT molecular complexity index is 117. The zero-order chi connectivity index (χ0) is 8.85. The van der Waals surface area contributed by atoms with Crippen LogP contribution in [0.1, 0.15) is 33.6 Å². The SMILES string of the molecule is CCC(CC)C(=O)C(C)OC. The zero-order valence-corrected chi connectivity index (χ0v) is 7.89. The van der Waals surface area contributed by atoms with Gasteiger partial charge in [0.05, 0.1) is 0 Å². The summed E-state index contributed by atoms with van der Waals surface area (Å²) in [5.41, 5.74) is 0. The number of carbonyl (C=O) groups excluding carboxylic acids is 1. The lowest BCUT2D eigenvalue weighted by atomic mass is 9.95. The molecule has 1 atom stereocenters. The molecule has 0 spiro atoms. The van der Waals surface area contributed by atoms with Crippen molar-refractivity contribution < 1.29 is 9.53 Å². The first kappa shape index (κ1) is 10.6. The minimum atomic E-state index is -0.236. The molecule has 1 unspecified atom stereocenters. The molecule has 11 heavy (non-hydrogen) atoms. The van der Waals surface area contributed by atoms with E-state index in [0.717, 1.165) is 12.8 Å². The highest BCUT2D eigenvalue weighted by molar-refractivity contribution is 5.84. The Morgan fingerprint density at radius 2 is 1.82 bits per heavy atom. The molecule has 0 aromatic carbocycles. The maximum absolute atomic E-state index is 11.4. The first-order valence-electron chi connectivity index (χ1n) is 4.23. The third-order valence-corrected chi connectivity index (χ3v) is 2.14. The first-order chi connectivity index (χ1) is 5.17. The fourth-order valence-electron chi connectivity index (χ4n) is 1.14. The van der Waals surface area contributed by atoms with Gasteiger partial charge in [-0.1, -0.05) is 13.8 Å². The van der Waals surface area contributed by atoms with Gasteiger partial charge >= 0.3 is 0 Å². The number of hydrogen-bond donors (Lipinski definition) is 0. The largest absolute Gasteiger partial charge is 0.374 e. The number of ketones is 1. The van der Waals surface area contributed by atoms with Gasteiger partial charge in [-0.25, -0.2) is 0 Å². The first-order valence-corrected chi connectivity index (χ1v) is 4.23. The van der Waals surface area contributed by atoms with Crippen LogP contribution in [0.15, 0.2) is 0 Å². The van der Waals surface area contributed by atoms with Crippen molar-refractivity contribution in [3.63, 3.8) is 0 Å². The normalized spacial score (nSPS) is 13.5. The molecule has 0 N–H and O–H groups in total. The Morgan fingerprint density at radius 1 is 1.36 bits per heavy atom. The van der Waals surface area contributed by atoms with Crippen LogP contribution in [0.25, 0.3) is 0 Å². The van der Waals surface area contributed by atoms with Crippen molar-refractivity contribution >= 4 is 5.78 Å². The van der Waals surface area contributed by atoms with E-state index < -0.39 is 0 Å². The lowest BCUT2D eigenvalue weighted by Gasteiger charge is -2.15. The Labute approximate surface area is 68.9 Å². The molecule has 0 aromatic heterocycles. The van der Waals surface area contributed by atoms with Crippen LogP contribution in [0.5, 0.6) is 0 Å². The molecule has 66 valence electrons. The third-order valence-electron chi connectivity index (χ3n) is 2.14. The lowest BCUT2D eigenvalue weighted by molar-refractivity contribution is -0.132. The number of ether oxygens (including phenoxy) is 1. The van der Waals surface area contributed by atoms with E-state index in [-0.39, 0.29) is 17.8 Å². The van der Waals surface area contributed by atoms with Crippen molar-refractivity contribution in [3.8, 4) is 0 Å². The van der Waals surface area contributed by atoms with Crippen molar-refractivity contribution in [1.29, 1.82) is 0 Å². The van der Waals surface area contributed by atoms with Gasteiger partial charge in [0, 0.05) is 13.0 Å². The quantitative estimate of drug-likeness (QED) is 0.612. The van der Waals surface area contributed by atoms with Crippen LogP contribution >= 0.6 is 0 Å². The molecule has 0 aliphatic heterocycles. The summed E-state index contributed by atoms with van der Waals surface area (Å²) in [6.45, 7) is 5.88. The van der Waals surface area contributed by atoms with Gasteiger partial charge in [-0.15, -0.1) is 0 Å². The summed E-state index contributed by atoms with van der Waals surface area (Å²) >= 11 is 0. The molecule has 0 heterocycles. The van der Waals surface area contributed by atoms with Crippen molar-refractivity contribution in [2.75, 3.05) is 7.11 Å². The molecule has 0 aromatic rings. The predicted octanol–water partition coefficient (Wildman–Crippen LogP) is 2.03. The molecule has 0 aliphatic carbocycles. The average molecular weight is 158 g/mol. The summed E-state index contributed by atoms with van der Waals surface area (Å²) < 4.78 is 4.95.